The Balaban J connectivity index is 6.39. The Kier molecular flexibility index (Phi) is 16.6. The molecule has 0 aromatic carbocycles. The van der Waals surface area contributed by atoms with Crippen molar-refractivity contribution in [3.05, 3.63) is 12.7 Å². The number of hydrogen-bond donors (Lipinski definition) is 0. The highest BCUT2D eigenvalue weighted by molar-refractivity contribution is 6.92. The van der Waals surface area contributed by atoms with E-state index >= 15 is 0 Å². The van der Waals surface area contributed by atoms with Gasteiger partial charge >= 0.3 is 14.8 Å². The van der Waals surface area contributed by atoms with Crippen molar-refractivity contribution in [2.24, 2.45) is 0 Å². The minimum atomic E-state index is -2.95. The molecular formula is C25H56O5Si4. The Morgan fingerprint density at radius 2 is 0.941 bits per heavy atom. The van der Waals surface area contributed by atoms with Crippen molar-refractivity contribution in [1.82, 2.24) is 0 Å². The number of carbonyl (C=O) groups excluding carboxylic acids is 1. The summed E-state index contributed by atoms with van der Waals surface area (Å²) in [7, 11) is -8.84. The molecule has 0 heterocycles. The lowest BCUT2D eigenvalue weighted by molar-refractivity contribution is -0.137. The van der Waals surface area contributed by atoms with Crippen LogP contribution >= 0.6 is 0 Å². The molecular weight excluding hydrogens is 493 g/mol. The number of esters is 1. The highest BCUT2D eigenvalue weighted by Gasteiger charge is 2.54. The average Bonchev–Trinajstić information content (AvgIpc) is 2.89. The number of unbranched alkanes of at least 4 members (excludes halogenated alkanes) is 1. The van der Waals surface area contributed by atoms with Gasteiger partial charge in [0.2, 0.25) is 0 Å². The Hall–Kier alpha value is -0.0425. The molecule has 0 aromatic heterocycles. The fraction of sp³-hybridized carbons (Fsp3) is 0.880. The van der Waals surface area contributed by atoms with Crippen LogP contribution in [-0.2, 0) is 21.9 Å². The van der Waals surface area contributed by atoms with E-state index in [0.29, 0.717) is 6.61 Å². The standard InChI is InChI=1S/C25H56O5Si4/c1-11-25(26)27-23-21-22-24-34(28-31(12-2,13-3)14-4,29-32(15-5,16-6)17-7)30-33(18-8,19-9)20-10/h11H,1,12-24H2,2-10H3. The van der Waals surface area contributed by atoms with Crippen LogP contribution in [-0.4, -0.2) is 46.3 Å². The molecule has 0 atom stereocenters. The normalized spacial score (nSPS) is 13.2. The van der Waals surface area contributed by atoms with Crippen LogP contribution in [0.15, 0.2) is 12.7 Å². The molecule has 0 rings (SSSR count). The van der Waals surface area contributed by atoms with Crippen LogP contribution in [0.5, 0.6) is 0 Å². The van der Waals surface area contributed by atoms with Crippen LogP contribution in [0.3, 0.4) is 0 Å². The van der Waals surface area contributed by atoms with Crippen molar-refractivity contribution in [2.45, 2.75) is 136 Å². The quantitative estimate of drug-likeness (QED) is 0.0623. The molecule has 202 valence electrons. The lowest BCUT2D eigenvalue weighted by Gasteiger charge is -2.48. The summed E-state index contributed by atoms with van der Waals surface area (Å²) in [4.78, 5) is 11.5. The number of rotatable bonds is 21. The number of carbonyl (C=O) groups is 1. The summed E-state index contributed by atoms with van der Waals surface area (Å²) >= 11 is 0. The third kappa shape index (κ3) is 9.78. The summed E-state index contributed by atoms with van der Waals surface area (Å²) in [6, 6.07) is 10.7. The van der Waals surface area contributed by atoms with Gasteiger partial charge in [-0.15, -0.1) is 0 Å². The van der Waals surface area contributed by atoms with Crippen molar-refractivity contribution in [2.75, 3.05) is 6.61 Å². The molecule has 0 amide bonds. The van der Waals surface area contributed by atoms with Gasteiger partial charge in [0.05, 0.1) is 6.61 Å². The summed E-state index contributed by atoms with van der Waals surface area (Å²) in [6.45, 7) is 24.5. The van der Waals surface area contributed by atoms with Crippen molar-refractivity contribution in [1.29, 1.82) is 0 Å². The lowest BCUT2D eigenvalue weighted by atomic mass is 10.4. The minimum Gasteiger partial charge on any atom is -0.463 e. The van der Waals surface area contributed by atoms with Crippen molar-refractivity contribution < 1.29 is 21.9 Å². The van der Waals surface area contributed by atoms with Crippen molar-refractivity contribution in [3.8, 4) is 0 Å². The van der Waals surface area contributed by atoms with Gasteiger partial charge in [0.1, 0.15) is 0 Å². The Labute approximate surface area is 216 Å². The molecule has 0 unspecified atom stereocenters. The fourth-order valence-corrected chi connectivity index (χ4v) is 25.9. The van der Waals surface area contributed by atoms with Gasteiger partial charge in [-0.3, -0.25) is 0 Å². The van der Waals surface area contributed by atoms with Gasteiger partial charge in [-0.1, -0.05) is 68.9 Å². The minimum absolute atomic E-state index is 0.356. The van der Waals surface area contributed by atoms with Gasteiger partial charge in [-0.05, 0) is 67.2 Å². The third-order valence-corrected chi connectivity index (χ3v) is 29.7. The van der Waals surface area contributed by atoms with Gasteiger partial charge in [0.25, 0.3) is 0 Å². The predicted octanol–water partition coefficient (Wildman–Crippen LogP) is 8.50. The Morgan fingerprint density at radius 3 is 1.21 bits per heavy atom. The van der Waals surface area contributed by atoms with Gasteiger partial charge in [0, 0.05) is 12.1 Å². The second kappa shape index (κ2) is 16.7. The van der Waals surface area contributed by atoms with Crippen LogP contribution in [0.4, 0.5) is 0 Å². The van der Waals surface area contributed by atoms with Gasteiger partial charge in [-0.25, -0.2) is 4.79 Å². The lowest BCUT2D eigenvalue weighted by Crippen LogP contribution is -2.64. The van der Waals surface area contributed by atoms with Crippen LogP contribution in [0.1, 0.15) is 75.2 Å². The zero-order valence-electron chi connectivity index (χ0n) is 24.0. The zero-order chi connectivity index (χ0) is 26.3. The topological polar surface area (TPSA) is 54.0 Å². The molecule has 0 bridgehead atoms. The molecule has 0 aliphatic heterocycles. The summed E-state index contributed by atoms with van der Waals surface area (Å²) in [5.41, 5.74) is 0. The monoisotopic (exact) mass is 548 g/mol. The van der Waals surface area contributed by atoms with Gasteiger partial charge in [0.15, 0.2) is 25.0 Å². The molecule has 0 fully saturated rings. The first-order chi connectivity index (χ1) is 16.1. The molecule has 0 radical (unpaired) electrons. The molecule has 0 spiro atoms. The van der Waals surface area contributed by atoms with Crippen LogP contribution in [0, 0.1) is 0 Å². The van der Waals surface area contributed by atoms with E-state index in [0.717, 1.165) is 73.3 Å². The van der Waals surface area contributed by atoms with E-state index in [1.807, 2.05) is 0 Å². The molecule has 0 saturated carbocycles. The van der Waals surface area contributed by atoms with E-state index in [1.165, 1.54) is 6.08 Å². The first-order valence-corrected chi connectivity index (χ1v) is 23.5. The summed E-state index contributed by atoms with van der Waals surface area (Å²) < 4.78 is 27.5. The van der Waals surface area contributed by atoms with Gasteiger partial charge < -0.3 is 17.1 Å². The summed E-state index contributed by atoms with van der Waals surface area (Å²) in [5, 5.41) is 0. The summed E-state index contributed by atoms with van der Waals surface area (Å²) in [6.07, 6.45) is 2.91. The van der Waals surface area contributed by atoms with Crippen LogP contribution in [0.2, 0.25) is 60.4 Å². The van der Waals surface area contributed by atoms with Crippen LogP contribution in [0.25, 0.3) is 0 Å². The first-order valence-electron chi connectivity index (χ1n) is 14.0. The molecule has 0 aromatic rings. The van der Waals surface area contributed by atoms with E-state index in [2.05, 4.69) is 68.9 Å². The molecule has 0 N–H and O–H groups in total. The highest BCUT2D eigenvalue weighted by atomic mass is 28.5. The second-order valence-corrected chi connectivity index (χ2v) is 27.3. The highest BCUT2D eigenvalue weighted by Crippen LogP contribution is 2.39. The SMILES string of the molecule is C=CC(=O)OCCCC[Si](O[Si](CC)(CC)CC)(O[Si](CC)(CC)CC)O[Si](CC)(CC)CC. The maximum atomic E-state index is 11.5. The largest absolute Gasteiger partial charge is 0.469 e. The van der Waals surface area contributed by atoms with Crippen LogP contribution < -0.4 is 0 Å². The Bertz CT molecular complexity index is 496. The number of hydrogen-bond acceptors (Lipinski definition) is 5. The number of ether oxygens (including phenoxy) is 1. The molecule has 0 aliphatic carbocycles. The van der Waals surface area contributed by atoms with Crippen molar-refractivity contribution in [3.63, 3.8) is 0 Å². The van der Waals surface area contributed by atoms with Crippen molar-refractivity contribution >= 4 is 39.7 Å². The second-order valence-electron chi connectivity index (χ2n) is 9.55. The maximum absolute atomic E-state index is 11.5. The maximum Gasteiger partial charge on any atom is 0.469 e. The molecule has 0 aliphatic rings. The average molecular weight is 549 g/mol. The molecule has 34 heavy (non-hydrogen) atoms. The third-order valence-electron chi connectivity index (χ3n) is 8.20. The van der Waals surface area contributed by atoms with Gasteiger partial charge in [-0.2, -0.15) is 0 Å². The van der Waals surface area contributed by atoms with E-state index in [1.54, 1.807) is 0 Å². The van der Waals surface area contributed by atoms with E-state index in [9.17, 15) is 4.79 Å². The van der Waals surface area contributed by atoms with E-state index in [4.69, 9.17) is 17.1 Å². The van der Waals surface area contributed by atoms with E-state index in [-0.39, 0.29) is 5.97 Å². The van der Waals surface area contributed by atoms with E-state index < -0.39 is 33.8 Å². The smallest absolute Gasteiger partial charge is 0.463 e. The molecule has 9 heteroatoms. The first kappa shape index (κ1) is 34.0. The zero-order valence-corrected chi connectivity index (χ0v) is 28.0. The molecule has 0 saturated heterocycles. The predicted molar refractivity (Wildman–Crippen MR) is 156 cm³/mol. The summed E-state index contributed by atoms with van der Waals surface area (Å²) in [5.74, 6) is -0.356. The fourth-order valence-electron chi connectivity index (χ4n) is 4.78. The molecule has 5 nitrogen and oxygen atoms in total. The Morgan fingerprint density at radius 1 is 0.618 bits per heavy atom.